The summed E-state index contributed by atoms with van der Waals surface area (Å²) >= 11 is 5.93. The second-order valence-corrected chi connectivity index (χ2v) is 7.02. The number of hydrogen-bond donors (Lipinski definition) is 1. The van der Waals surface area contributed by atoms with Gasteiger partial charge in [-0.1, -0.05) is 44.5 Å². The molecule has 0 fully saturated rings. The van der Waals surface area contributed by atoms with Crippen molar-refractivity contribution in [1.29, 1.82) is 0 Å². The van der Waals surface area contributed by atoms with Gasteiger partial charge in [-0.2, -0.15) is 5.10 Å². The standard InChI is InChI=1S/C17H24ClN3/c1-12(13-6-8-15(18)9-7-13)19-10-14-11-21(5)20-16(14)17(2,3)4/h6-9,11-12,19H,10H2,1-5H3. The number of halogens is 1. The van der Waals surface area contributed by atoms with Crippen molar-refractivity contribution >= 4 is 11.6 Å². The minimum Gasteiger partial charge on any atom is -0.306 e. The first-order valence-electron chi connectivity index (χ1n) is 7.29. The lowest BCUT2D eigenvalue weighted by Gasteiger charge is -2.19. The normalized spacial score (nSPS) is 13.4. The van der Waals surface area contributed by atoms with Crippen molar-refractivity contribution in [2.24, 2.45) is 7.05 Å². The van der Waals surface area contributed by atoms with Gasteiger partial charge in [0, 0.05) is 41.8 Å². The molecule has 1 aromatic heterocycles. The number of aryl methyl sites for hydroxylation is 1. The molecule has 0 saturated carbocycles. The molecule has 1 atom stereocenters. The third-order valence-electron chi connectivity index (χ3n) is 3.58. The van der Waals surface area contributed by atoms with Crippen LogP contribution in [0.1, 0.15) is 50.6 Å². The molecule has 3 nitrogen and oxygen atoms in total. The Labute approximate surface area is 132 Å². The summed E-state index contributed by atoms with van der Waals surface area (Å²) in [4.78, 5) is 0. The Kier molecular flexibility index (Phi) is 4.74. The quantitative estimate of drug-likeness (QED) is 0.916. The summed E-state index contributed by atoms with van der Waals surface area (Å²) < 4.78 is 1.89. The van der Waals surface area contributed by atoms with Crippen LogP contribution in [0, 0.1) is 0 Å². The second kappa shape index (κ2) is 6.20. The van der Waals surface area contributed by atoms with Crippen LogP contribution in [0.4, 0.5) is 0 Å². The zero-order valence-corrected chi connectivity index (χ0v) is 14.2. The first-order chi connectivity index (χ1) is 9.77. The molecule has 2 aromatic rings. The highest BCUT2D eigenvalue weighted by Crippen LogP contribution is 2.25. The number of nitrogens with one attached hydrogen (secondary N) is 1. The highest BCUT2D eigenvalue weighted by Gasteiger charge is 2.21. The molecule has 0 aliphatic heterocycles. The molecule has 0 aliphatic rings. The van der Waals surface area contributed by atoms with Crippen LogP contribution in [-0.4, -0.2) is 9.78 Å². The second-order valence-electron chi connectivity index (χ2n) is 6.58. The van der Waals surface area contributed by atoms with Crippen LogP contribution >= 0.6 is 11.6 Å². The Morgan fingerprint density at radius 3 is 2.43 bits per heavy atom. The van der Waals surface area contributed by atoms with Crippen molar-refractivity contribution in [3.05, 3.63) is 52.3 Å². The van der Waals surface area contributed by atoms with E-state index in [0.717, 1.165) is 17.3 Å². The van der Waals surface area contributed by atoms with E-state index in [9.17, 15) is 0 Å². The lowest BCUT2D eigenvalue weighted by Crippen LogP contribution is -2.21. The zero-order chi connectivity index (χ0) is 15.6. The van der Waals surface area contributed by atoms with Crippen LogP contribution in [-0.2, 0) is 19.0 Å². The monoisotopic (exact) mass is 305 g/mol. The lowest BCUT2D eigenvalue weighted by atomic mass is 9.89. The van der Waals surface area contributed by atoms with Gasteiger partial charge in [-0.3, -0.25) is 4.68 Å². The fourth-order valence-corrected chi connectivity index (χ4v) is 2.56. The molecule has 4 heteroatoms. The first kappa shape index (κ1) is 16.1. The van der Waals surface area contributed by atoms with E-state index >= 15 is 0 Å². The van der Waals surface area contributed by atoms with Crippen LogP contribution in [0.3, 0.4) is 0 Å². The van der Waals surface area contributed by atoms with Crippen LogP contribution in [0.2, 0.25) is 5.02 Å². The SMILES string of the molecule is CC(NCc1cn(C)nc1C(C)(C)C)c1ccc(Cl)cc1. The van der Waals surface area contributed by atoms with Gasteiger partial charge in [0.25, 0.3) is 0 Å². The molecule has 0 spiro atoms. The molecule has 2 rings (SSSR count). The van der Waals surface area contributed by atoms with E-state index in [1.165, 1.54) is 11.1 Å². The summed E-state index contributed by atoms with van der Waals surface area (Å²) in [5.74, 6) is 0. The van der Waals surface area contributed by atoms with E-state index in [1.807, 2.05) is 23.9 Å². The Hall–Kier alpha value is -1.32. The van der Waals surface area contributed by atoms with E-state index in [2.05, 4.69) is 56.4 Å². The summed E-state index contributed by atoms with van der Waals surface area (Å²) in [5, 5.41) is 8.94. The minimum atomic E-state index is 0.0573. The smallest absolute Gasteiger partial charge is 0.0722 e. The summed E-state index contributed by atoms with van der Waals surface area (Å²) in [5.41, 5.74) is 3.70. The fourth-order valence-electron chi connectivity index (χ4n) is 2.43. The number of benzene rings is 1. The molecule has 1 heterocycles. The summed E-state index contributed by atoms with van der Waals surface area (Å²) in [6.45, 7) is 9.56. The Morgan fingerprint density at radius 1 is 1.24 bits per heavy atom. The van der Waals surface area contributed by atoms with Crippen molar-refractivity contribution in [3.8, 4) is 0 Å². The third kappa shape index (κ3) is 4.08. The molecule has 114 valence electrons. The molecular formula is C17H24ClN3. The molecule has 21 heavy (non-hydrogen) atoms. The highest BCUT2D eigenvalue weighted by molar-refractivity contribution is 6.30. The van der Waals surface area contributed by atoms with Crippen LogP contribution in [0.5, 0.6) is 0 Å². The van der Waals surface area contributed by atoms with Gasteiger partial charge in [0.2, 0.25) is 0 Å². The largest absolute Gasteiger partial charge is 0.306 e. The number of nitrogens with zero attached hydrogens (tertiary/aromatic N) is 2. The van der Waals surface area contributed by atoms with E-state index < -0.39 is 0 Å². The molecule has 1 aromatic carbocycles. The minimum absolute atomic E-state index is 0.0573. The molecule has 0 bridgehead atoms. The molecule has 0 radical (unpaired) electrons. The summed E-state index contributed by atoms with van der Waals surface area (Å²) in [7, 11) is 1.97. The average molecular weight is 306 g/mol. The average Bonchev–Trinajstić information content (AvgIpc) is 2.78. The number of rotatable bonds is 4. The van der Waals surface area contributed by atoms with Crippen molar-refractivity contribution in [2.75, 3.05) is 0 Å². The summed E-state index contributed by atoms with van der Waals surface area (Å²) in [6.07, 6.45) is 2.10. The lowest BCUT2D eigenvalue weighted by molar-refractivity contribution is 0.531. The topological polar surface area (TPSA) is 29.9 Å². The molecule has 0 amide bonds. The van der Waals surface area contributed by atoms with Gasteiger partial charge < -0.3 is 5.32 Å². The maximum Gasteiger partial charge on any atom is 0.0722 e. The van der Waals surface area contributed by atoms with E-state index in [-0.39, 0.29) is 11.5 Å². The van der Waals surface area contributed by atoms with Gasteiger partial charge in [0.15, 0.2) is 0 Å². The predicted octanol–water partition coefficient (Wildman–Crippen LogP) is 4.22. The van der Waals surface area contributed by atoms with Crippen LogP contribution < -0.4 is 5.32 Å². The van der Waals surface area contributed by atoms with Gasteiger partial charge >= 0.3 is 0 Å². The summed E-state index contributed by atoms with van der Waals surface area (Å²) in [6, 6.07) is 8.26. The van der Waals surface area contributed by atoms with Crippen molar-refractivity contribution in [3.63, 3.8) is 0 Å². The zero-order valence-electron chi connectivity index (χ0n) is 13.4. The highest BCUT2D eigenvalue weighted by atomic mass is 35.5. The molecule has 1 unspecified atom stereocenters. The Morgan fingerprint density at radius 2 is 1.86 bits per heavy atom. The van der Waals surface area contributed by atoms with Crippen molar-refractivity contribution < 1.29 is 0 Å². The van der Waals surface area contributed by atoms with Crippen LogP contribution in [0.15, 0.2) is 30.5 Å². The van der Waals surface area contributed by atoms with Gasteiger partial charge in [-0.25, -0.2) is 0 Å². The van der Waals surface area contributed by atoms with Gasteiger partial charge in [-0.05, 0) is 24.6 Å². The molecular weight excluding hydrogens is 282 g/mol. The Balaban J connectivity index is 2.08. The Bertz CT molecular complexity index is 593. The van der Waals surface area contributed by atoms with E-state index in [0.29, 0.717) is 0 Å². The molecule has 1 N–H and O–H groups in total. The van der Waals surface area contributed by atoms with E-state index in [4.69, 9.17) is 11.6 Å². The van der Waals surface area contributed by atoms with Crippen molar-refractivity contribution in [2.45, 2.75) is 45.7 Å². The predicted molar refractivity (Wildman–Crippen MR) is 88.6 cm³/mol. The van der Waals surface area contributed by atoms with Gasteiger partial charge in [0.05, 0.1) is 5.69 Å². The molecule has 0 saturated heterocycles. The number of aromatic nitrogens is 2. The third-order valence-corrected chi connectivity index (χ3v) is 3.84. The molecule has 0 aliphatic carbocycles. The van der Waals surface area contributed by atoms with E-state index in [1.54, 1.807) is 0 Å². The number of hydrogen-bond acceptors (Lipinski definition) is 2. The van der Waals surface area contributed by atoms with Gasteiger partial charge in [0.1, 0.15) is 0 Å². The maximum absolute atomic E-state index is 5.93. The fraction of sp³-hybridized carbons (Fsp3) is 0.471. The maximum atomic E-state index is 5.93. The van der Waals surface area contributed by atoms with Crippen LogP contribution in [0.25, 0.3) is 0 Å². The van der Waals surface area contributed by atoms with Crippen molar-refractivity contribution in [1.82, 2.24) is 15.1 Å². The van der Waals surface area contributed by atoms with Gasteiger partial charge in [-0.15, -0.1) is 0 Å². The first-order valence-corrected chi connectivity index (χ1v) is 7.67.